The van der Waals surface area contributed by atoms with Gasteiger partial charge in [-0.2, -0.15) is 0 Å². The number of carbonyl (C=O) groups is 11. The molecule has 1 rings (SSSR count). The Labute approximate surface area is 574 Å². The highest BCUT2D eigenvalue weighted by Crippen LogP contribution is 2.28. The summed E-state index contributed by atoms with van der Waals surface area (Å²) in [5, 5.41) is 33.4. The highest BCUT2D eigenvalue weighted by Gasteiger charge is 2.47. The fourth-order valence-electron chi connectivity index (χ4n) is 11.9. The summed E-state index contributed by atoms with van der Waals surface area (Å²) in [4.78, 5) is 175. The molecule has 26 heteroatoms. The third-order valence-electron chi connectivity index (χ3n) is 18.0. The quantitative estimate of drug-likeness (QED) is 0.0655. The van der Waals surface area contributed by atoms with Crippen molar-refractivity contribution in [2.45, 2.75) is 254 Å². The van der Waals surface area contributed by atoms with Crippen molar-refractivity contribution >= 4 is 76.7 Å². The number of rotatable bonds is 22. The molecule has 0 unspecified atom stereocenters. The summed E-state index contributed by atoms with van der Waals surface area (Å²) < 4.78 is 0. The molecule has 0 aromatic heterocycles. The monoisotopic (exact) mass is 1360 g/mol. The van der Waals surface area contributed by atoms with Crippen LogP contribution >= 0.6 is 11.8 Å². The second-order valence-electron chi connectivity index (χ2n) is 28.8. The number of hydrogen-bond donors (Lipinski definition) is 6. The van der Waals surface area contributed by atoms with Gasteiger partial charge in [0.1, 0.15) is 60.4 Å². The normalized spacial score (nSPS) is 26.3. The molecule has 25 nitrogen and oxygen atoms in total. The molecule has 1 aliphatic rings. The Hall–Kier alpha value is -5.86. The van der Waals surface area contributed by atoms with E-state index < -0.39 is 160 Å². The number of aliphatic hydroxyl groups excluding tert-OH is 1. The van der Waals surface area contributed by atoms with Gasteiger partial charge in [-0.25, -0.2) is 0 Å². The standard InChI is InChI=1S/C69H126N12O13S/c1-27-31-33-45(15)56(82)55-60(86)72-48(28-2)62(88)80(26)68(95-35-32-34-81(29-3)30-4)67(93)77(23)52(39-69(18,19)94)59(85)73-53(43(11)12)65(91)74(20)49(36-40(5)6)58(84)70-46(16)57(83)71-47(17)61(87)75(21)50(37-41(7)8)63(89)76(22)51(38-42(9)10)64(90)78(24)54(44(13)14)66(92)79(55)25/h27,31,40-56,68,82,94H,28-30,32-39H2,1-26H3,(H,70,84)(H,71,83)(H,72,86)(H,73,85)/b31-27+/t45-,46+,47-,48+,49+,50+,51+,52+,53+,54+,55+,56-,68-/m1/s1. The van der Waals surface area contributed by atoms with E-state index in [9.17, 15) is 34.2 Å². The number of nitrogens with zero attached hydrogens (tertiary/aromatic N) is 8. The van der Waals surface area contributed by atoms with Crippen LogP contribution in [0.1, 0.15) is 176 Å². The minimum atomic E-state index is -1.66. The number of likely N-dealkylation sites (N-methyl/N-ethyl adjacent to an activating group) is 7. The third-order valence-corrected chi connectivity index (χ3v) is 19.3. The molecule has 0 aliphatic carbocycles. The van der Waals surface area contributed by atoms with Gasteiger partial charge in [0.2, 0.25) is 59.1 Å². The van der Waals surface area contributed by atoms with Gasteiger partial charge in [0.25, 0.3) is 5.91 Å². The Morgan fingerprint density at radius 2 is 0.968 bits per heavy atom. The molecular weight excluding hydrogens is 1240 g/mol. The van der Waals surface area contributed by atoms with Crippen molar-refractivity contribution in [3.63, 3.8) is 0 Å². The molecule has 0 radical (unpaired) electrons. The minimum absolute atomic E-state index is 0.0280. The molecule has 6 N–H and O–H groups in total. The number of carbonyl (C=O) groups excluding carboxylic acids is 11. The van der Waals surface area contributed by atoms with Crippen LogP contribution in [0, 0.1) is 35.5 Å². The lowest BCUT2D eigenvalue weighted by molar-refractivity contribution is -0.157. The topological polar surface area (TPSA) is 302 Å². The van der Waals surface area contributed by atoms with E-state index in [1.807, 2.05) is 61.5 Å². The van der Waals surface area contributed by atoms with Gasteiger partial charge in [0, 0.05) is 55.8 Å². The lowest BCUT2D eigenvalue weighted by atomic mass is 9.91. The van der Waals surface area contributed by atoms with Gasteiger partial charge >= 0.3 is 0 Å². The highest BCUT2D eigenvalue weighted by molar-refractivity contribution is 8.00. The van der Waals surface area contributed by atoms with Crippen LogP contribution in [-0.2, 0) is 52.7 Å². The first kappa shape index (κ1) is 87.2. The van der Waals surface area contributed by atoms with E-state index in [1.54, 1.807) is 54.5 Å². The predicted octanol–water partition coefficient (Wildman–Crippen LogP) is 4.18. The van der Waals surface area contributed by atoms with Crippen molar-refractivity contribution in [1.29, 1.82) is 0 Å². The van der Waals surface area contributed by atoms with Crippen LogP contribution in [0.3, 0.4) is 0 Å². The zero-order chi connectivity index (χ0) is 73.6. The largest absolute Gasteiger partial charge is 0.390 e. The molecule has 1 aliphatic heterocycles. The van der Waals surface area contributed by atoms with Crippen LogP contribution in [0.25, 0.3) is 0 Å². The Bertz CT molecular complexity index is 2580. The molecule has 0 aromatic rings. The van der Waals surface area contributed by atoms with Crippen molar-refractivity contribution in [2.24, 2.45) is 35.5 Å². The lowest BCUT2D eigenvalue weighted by Gasteiger charge is -2.41. The Morgan fingerprint density at radius 1 is 0.516 bits per heavy atom. The predicted molar refractivity (Wildman–Crippen MR) is 374 cm³/mol. The van der Waals surface area contributed by atoms with Gasteiger partial charge < -0.3 is 70.7 Å². The zero-order valence-electron chi connectivity index (χ0n) is 62.7. The fourth-order valence-corrected chi connectivity index (χ4v) is 13.1. The molecule has 1 saturated heterocycles. The first-order valence-electron chi connectivity index (χ1n) is 34.3. The van der Waals surface area contributed by atoms with Crippen molar-refractivity contribution < 1.29 is 63.0 Å². The van der Waals surface area contributed by atoms with Gasteiger partial charge in [-0.3, -0.25) is 52.7 Å². The molecule has 0 saturated carbocycles. The second-order valence-corrected chi connectivity index (χ2v) is 30.0. The van der Waals surface area contributed by atoms with E-state index in [-0.39, 0.29) is 56.3 Å². The Morgan fingerprint density at radius 3 is 1.43 bits per heavy atom. The lowest BCUT2D eigenvalue weighted by Crippen LogP contribution is -2.64. The molecular formula is C69H126N12O13S. The van der Waals surface area contributed by atoms with Crippen LogP contribution < -0.4 is 21.3 Å². The van der Waals surface area contributed by atoms with E-state index in [0.717, 1.165) is 34.7 Å². The maximum atomic E-state index is 15.4. The number of nitrogens with one attached hydrogen (secondary N) is 4. The van der Waals surface area contributed by atoms with Crippen LogP contribution in [0.5, 0.6) is 0 Å². The average molecular weight is 1360 g/mol. The highest BCUT2D eigenvalue weighted by atomic mass is 32.2. The van der Waals surface area contributed by atoms with E-state index in [1.165, 1.54) is 102 Å². The van der Waals surface area contributed by atoms with Crippen molar-refractivity contribution in [3.05, 3.63) is 12.2 Å². The molecule has 1 heterocycles. The van der Waals surface area contributed by atoms with E-state index in [2.05, 4.69) is 26.2 Å². The minimum Gasteiger partial charge on any atom is -0.390 e. The zero-order valence-corrected chi connectivity index (χ0v) is 63.5. The van der Waals surface area contributed by atoms with Crippen molar-refractivity contribution in [2.75, 3.05) is 74.7 Å². The summed E-state index contributed by atoms with van der Waals surface area (Å²) in [6, 6.07) is -13.1. The van der Waals surface area contributed by atoms with E-state index in [4.69, 9.17) is 0 Å². The van der Waals surface area contributed by atoms with Gasteiger partial charge in [-0.1, -0.05) is 109 Å². The number of amides is 11. The molecule has 11 amide bonds. The molecule has 1 fully saturated rings. The number of allylic oxidation sites excluding steroid dienone is 2. The average Bonchev–Trinajstić information content (AvgIpc) is 0.810. The van der Waals surface area contributed by atoms with Crippen LogP contribution in [0.4, 0.5) is 0 Å². The molecule has 0 aromatic carbocycles. The van der Waals surface area contributed by atoms with Gasteiger partial charge in [-0.15, -0.1) is 11.8 Å². The Balaban J connectivity index is 4.59. The molecule has 546 valence electrons. The first-order valence-corrected chi connectivity index (χ1v) is 35.4. The van der Waals surface area contributed by atoms with Crippen LogP contribution in [0.15, 0.2) is 12.2 Å². The second kappa shape index (κ2) is 40.1. The smallest absolute Gasteiger partial charge is 0.256 e. The number of thioether (sulfide) groups is 1. The molecule has 0 bridgehead atoms. The van der Waals surface area contributed by atoms with Crippen LogP contribution in [0.2, 0.25) is 0 Å². The van der Waals surface area contributed by atoms with Crippen LogP contribution in [-0.4, -0.2) is 267 Å². The summed E-state index contributed by atoms with van der Waals surface area (Å²) in [6.07, 6.45) is 2.95. The first-order chi connectivity index (χ1) is 43.9. The summed E-state index contributed by atoms with van der Waals surface area (Å²) in [6.45, 7) is 35.2. The Kier molecular flexibility index (Phi) is 36.8. The summed E-state index contributed by atoms with van der Waals surface area (Å²) in [5.74, 6) is -9.93. The third kappa shape index (κ3) is 25.5. The molecule has 95 heavy (non-hydrogen) atoms. The maximum absolute atomic E-state index is 15.4. The van der Waals surface area contributed by atoms with Gasteiger partial charge in [0.05, 0.1) is 11.7 Å². The van der Waals surface area contributed by atoms with Gasteiger partial charge in [-0.05, 0) is 134 Å². The number of hydrogen-bond acceptors (Lipinski definition) is 15. The van der Waals surface area contributed by atoms with E-state index in [0.29, 0.717) is 18.7 Å². The molecule has 13 atom stereocenters. The summed E-state index contributed by atoms with van der Waals surface area (Å²) in [5.41, 5.74) is -1.59. The molecule has 0 spiro atoms. The maximum Gasteiger partial charge on any atom is 0.256 e. The number of aliphatic hydroxyl groups is 2. The van der Waals surface area contributed by atoms with Gasteiger partial charge in [0.15, 0.2) is 5.37 Å². The van der Waals surface area contributed by atoms with E-state index >= 15 is 28.8 Å². The van der Waals surface area contributed by atoms with Crippen molar-refractivity contribution in [1.82, 2.24) is 60.5 Å². The summed E-state index contributed by atoms with van der Waals surface area (Å²) >= 11 is 1.14. The van der Waals surface area contributed by atoms with Crippen molar-refractivity contribution in [3.8, 4) is 0 Å². The summed E-state index contributed by atoms with van der Waals surface area (Å²) in [7, 11) is 9.88. The SMILES string of the molecule is C/C=C/C[C@@H](C)[C@@H](O)[C@H]1C(=O)N[C@@H](CC)C(=O)N(C)[C@H](SCCCN(CC)CC)C(=O)N(C)[C@@H](CC(C)(C)O)C(=O)N[C@@H](C(C)C)C(=O)N(C)[C@@H](CC(C)C)C(=O)N[C@@H](C)C(=O)N[C@H](C)C(=O)N(C)[C@@H](CC(C)C)C(=O)N(C)[C@@H](CC(C)C)C(=O)N(C)[C@@H](C(C)C)C(=O)N1C. The fraction of sp³-hybridized carbons (Fsp3) is 0.812.